The Morgan fingerprint density at radius 3 is 2.44 bits per heavy atom. The van der Waals surface area contributed by atoms with Gasteiger partial charge in [0.2, 0.25) is 0 Å². The van der Waals surface area contributed by atoms with Crippen molar-refractivity contribution >= 4 is 28.6 Å². The number of anilines is 2. The number of halogens is 3. The molecule has 36 heavy (non-hydrogen) atoms. The lowest BCUT2D eigenvalue weighted by Crippen LogP contribution is -2.42. The molecular weight excluding hydrogens is 469 g/mol. The van der Waals surface area contributed by atoms with Gasteiger partial charge in [0.05, 0.1) is 11.7 Å². The first-order valence-corrected chi connectivity index (χ1v) is 12.5. The minimum absolute atomic E-state index is 0.0915. The molecule has 2 aromatic heterocycles. The van der Waals surface area contributed by atoms with Gasteiger partial charge in [0, 0.05) is 43.9 Å². The molecule has 188 valence electrons. The fraction of sp³-hybridized carbons (Fsp3) is 0.462. The molecule has 4 heterocycles. The molecule has 0 spiro atoms. The highest BCUT2D eigenvalue weighted by atomic mass is 19.1. The van der Waals surface area contributed by atoms with E-state index >= 15 is 4.39 Å². The van der Waals surface area contributed by atoms with Gasteiger partial charge < -0.3 is 15.1 Å². The highest BCUT2D eigenvalue weighted by Crippen LogP contribution is 2.38. The van der Waals surface area contributed by atoms with Crippen LogP contribution in [0.25, 0.3) is 11.0 Å². The molecule has 2 saturated heterocycles. The van der Waals surface area contributed by atoms with E-state index in [1.807, 2.05) is 0 Å². The number of amides is 1. The van der Waals surface area contributed by atoms with Gasteiger partial charge in [0.1, 0.15) is 29.0 Å². The van der Waals surface area contributed by atoms with E-state index in [0.29, 0.717) is 60.3 Å². The number of benzene rings is 1. The van der Waals surface area contributed by atoms with Gasteiger partial charge in [-0.25, -0.2) is 28.1 Å². The number of carbonyl (C=O) groups is 1. The Kier molecular flexibility index (Phi) is 5.89. The third-order valence-electron chi connectivity index (χ3n) is 7.33. The monoisotopic (exact) mass is 496 g/mol. The van der Waals surface area contributed by atoms with Gasteiger partial charge in [-0.2, -0.15) is 0 Å². The first-order chi connectivity index (χ1) is 17.5. The average Bonchev–Trinajstić information content (AvgIpc) is 3.66. The molecule has 0 bridgehead atoms. The number of alkyl halides is 1. The van der Waals surface area contributed by atoms with Crippen LogP contribution in [-0.2, 0) is 0 Å². The summed E-state index contributed by atoms with van der Waals surface area (Å²) < 4.78 is 42.5. The van der Waals surface area contributed by atoms with E-state index < -0.39 is 17.8 Å². The number of piperidine rings is 1. The summed E-state index contributed by atoms with van der Waals surface area (Å²) in [5.41, 5.74) is 1.46. The summed E-state index contributed by atoms with van der Waals surface area (Å²) in [5, 5.41) is 3.45. The lowest BCUT2D eigenvalue weighted by atomic mass is 9.88. The fourth-order valence-electron chi connectivity index (χ4n) is 4.87. The molecule has 10 heteroatoms. The van der Waals surface area contributed by atoms with Crippen molar-refractivity contribution in [3.63, 3.8) is 0 Å². The number of fused-ring (bicyclic) bond motifs is 1. The molecule has 3 aromatic rings. The second kappa shape index (κ2) is 9.22. The van der Waals surface area contributed by atoms with E-state index in [4.69, 9.17) is 9.97 Å². The number of carbonyl (C=O) groups excluding carboxylic acids is 1. The number of rotatable bonds is 6. The van der Waals surface area contributed by atoms with E-state index in [1.54, 1.807) is 17.2 Å². The average molecular weight is 497 g/mol. The molecule has 6 rings (SSSR count). The minimum atomic E-state index is -1.49. The fourth-order valence-corrected chi connectivity index (χ4v) is 4.87. The molecule has 3 fully saturated rings. The normalized spacial score (nSPS) is 19.3. The lowest BCUT2D eigenvalue weighted by molar-refractivity contribution is 0.0646. The van der Waals surface area contributed by atoms with Crippen molar-refractivity contribution in [1.29, 1.82) is 0 Å². The zero-order valence-electron chi connectivity index (χ0n) is 19.8. The molecular formula is C26H27F3N6O. The molecule has 0 radical (unpaired) electrons. The number of pyridine rings is 1. The predicted octanol–water partition coefficient (Wildman–Crippen LogP) is 4.65. The van der Waals surface area contributed by atoms with Gasteiger partial charge in [0.25, 0.3) is 5.91 Å². The first-order valence-electron chi connectivity index (χ1n) is 12.5. The summed E-state index contributed by atoms with van der Waals surface area (Å²) in [6.07, 6.45) is 4.22. The quantitative estimate of drug-likeness (QED) is 0.536. The Hall–Kier alpha value is -3.43. The van der Waals surface area contributed by atoms with E-state index in [0.717, 1.165) is 44.5 Å². The summed E-state index contributed by atoms with van der Waals surface area (Å²) in [5.74, 6) is -0.688. The summed E-state index contributed by atoms with van der Waals surface area (Å²) >= 11 is 0. The summed E-state index contributed by atoms with van der Waals surface area (Å²) in [6.45, 7) is 2.57. The highest BCUT2D eigenvalue weighted by Gasteiger charge is 2.32. The van der Waals surface area contributed by atoms with E-state index in [2.05, 4.69) is 15.2 Å². The second-order valence-corrected chi connectivity index (χ2v) is 9.91. The molecule has 1 atom stereocenters. The number of hydrogen-bond donors (Lipinski definition) is 1. The third kappa shape index (κ3) is 4.44. The van der Waals surface area contributed by atoms with Crippen molar-refractivity contribution in [2.75, 3.05) is 36.4 Å². The molecule has 1 aromatic carbocycles. The van der Waals surface area contributed by atoms with Crippen molar-refractivity contribution in [1.82, 2.24) is 19.9 Å². The molecule has 3 aliphatic rings. The SMILES string of the molecule is O=C(c1cc2nc(NC3CC3)c(N3CCC(C(F)c4ccc(F)cc4F)CC3)nc2cn1)N1CCC1. The molecule has 2 aliphatic heterocycles. The van der Waals surface area contributed by atoms with E-state index in [-0.39, 0.29) is 17.4 Å². The van der Waals surface area contributed by atoms with Crippen molar-refractivity contribution in [2.24, 2.45) is 5.92 Å². The molecule has 1 N–H and O–H groups in total. The third-order valence-corrected chi connectivity index (χ3v) is 7.33. The largest absolute Gasteiger partial charge is 0.364 e. The number of likely N-dealkylation sites (tertiary alicyclic amines) is 1. The Labute approximate surface area is 206 Å². The number of hydrogen-bond acceptors (Lipinski definition) is 6. The number of nitrogens with one attached hydrogen (secondary N) is 1. The molecule has 1 saturated carbocycles. The Balaban J connectivity index is 1.23. The minimum Gasteiger partial charge on any atom is -0.364 e. The van der Waals surface area contributed by atoms with Crippen molar-refractivity contribution in [2.45, 2.75) is 44.3 Å². The Morgan fingerprint density at radius 2 is 1.78 bits per heavy atom. The zero-order chi connectivity index (χ0) is 24.8. The Bertz CT molecular complexity index is 1300. The van der Waals surface area contributed by atoms with Crippen molar-refractivity contribution in [3.8, 4) is 0 Å². The summed E-state index contributed by atoms with van der Waals surface area (Å²) in [7, 11) is 0. The van der Waals surface area contributed by atoms with Crippen LogP contribution in [-0.4, -0.2) is 58.0 Å². The van der Waals surface area contributed by atoms with Crippen molar-refractivity contribution < 1.29 is 18.0 Å². The Morgan fingerprint density at radius 1 is 1.00 bits per heavy atom. The van der Waals surface area contributed by atoms with Crippen LogP contribution >= 0.6 is 0 Å². The van der Waals surface area contributed by atoms with Gasteiger partial charge in [-0.1, -0.05) is 6.07 Å². The van der Waals surface area contributed by atoms with E-state index in [1.165, 1.54) is 6.07 Å². The van der Waals surface area contributed by atoms with Crippen LogP contribution in [0, 0.1) is 17.6 Å². The van der Waals surface area contributed by atoms with Crippen LogP contribution in [0.15, 0.2) is 30.5 Å². The highest BCUT2D eigenvalue weighted by molar-refractivity contribution is 5.96. The van der Waals surface area contributed by atoms with Crippen LogP contribution in [0.5, 0.6) is 0 Å². The standard InChI is InChI=1S/C26H27F3N6O/c27-16-2-5-18(19(28)12-16)23(29)15-6-10-34(11-7-15)25-24(31-17-3-4-17)32-20-13-21(30-14-22(20)33-25)26(36)35-8-1-9-35/h2,5,12-15,17,23H,1,3-4,6-11H2,(H,31,32). The van der Waals surface area contributed by atoms with Gasteiger partial charge >= 0.3 is 0 Å². The van der Waals surface area contributed by atoms with Gasteiger partial charge in [0.15, 0.2) is 11.6 Å². The zero-order valence-corrected chi connectivity index (χ0v) is 19.8. The summed E-state index contributed by atoms with van der Waals surface area (Å²) in [4.78, 5) is 30.4. The number of aromatic nitrogens is 3. The maximum absolute atomic E-state index is 15.1. The van der Waals surface area contributed by atoms with E-state index in [9.17, 15) is 13.6 Å². The van der Waals surface area contributed by atoms with Crippen LogP contribution in [0.3, 0.4) is 0 Å². The predicted molar refractivity (Wildman–Crippen MR) is 130 cm³/mol. The smallest absolute Gasteiger partial charge is 0.272 e. The molecule has 1 amide bonds. The van der Waals surface area contributed by atoms with Gasteiger partial charge in [-0.3, -0.25) is 4.79 Å². The lowest BCUT2D eigenvalue weighted by Gasteiger charge is -2.35. The molecule has 1 unspecified atom stereocenters. The first kappa shape index (κ1) is 23.0. The van der Waals surface area contributed by atoms with Crippen molar-refractivity contribution in [3.05, 3.63) is 53.4 Å². The van der Waals surface area contributed by atoms with Gasteiger partial charge in [-0.15, -0.1) is 0 Å². The molecule has 1 aliphatic carbocycles. The van der Waals surface area contributed by atoms with Crippen LogP contribution in [0.2, 0.25) is 0 Å². The summed E-state index contributed by atoms with van der Waals surface area (Å²) in [6, 6.07) is 5.06. The molecule has 7 nitrogen and oxygen atoms in total. The van der Waals surface area contributed by atoms with Crippen LogP contribution in [0.4, 0.5) is 24.8 Å². The maximum atomic E-state index is 15.1. The topological polar surface area (TPSA) is 74.2 Å². The van der Waals surface area contributed by atoms with Crippen LogP contribution in [0.1, 0.15) is 54.3 Å². The number of nitrogens with zero attached hydrogens (tertiary/aromatic N) is 5. The van der Waals surface area contributed by atoms with Gasteiger partial charge in [-0.05, 0) is 50.2 Å². The van der Waals surface area contributed by atoms with Crippen LogP contribution < -0.4 is 10.2 Å². The maximum Gasteiger partial charge on any atom is 0.272 e. The second-order valence-electron chi connectivity index (χ2n) is 9.91.